The molecule has 3 nitrogen and oxygen atoms in total. The monoisotopic (exact) mass is 358 g/mol. The van der Waals surface area contributed by atoms with Gasteiger partial charge in [-0.05, 0) is 55.0 Å². The van der Waals surface area contributed by atoms with Gasteiger partial charge in [-0.1, -0.05) is 17.7 Å². The zero-order valence-electron chi connectivity index (χ0n) is 13.4. The molecule has 0 N–H and O–H groups in total. The third kappa shape index (κ3) is 2.96. The maximum Gasteiger partial charge on any atom is 0.242 e. The van der Waals surface area contributed by atoms with E-state index in [2.05, 4.69) is 22.1 Å². The van der Waals surface area contributed by atoms with Gasteiger partial charge in [-0.3, -0.25) is 4.79 Å². The normalized spacial score (nSPS) is 15.1. The number of halogens is 1. The lowest BCUT2D eigenvalue weighted by Crippen LogP contribution is -2.37. The van der Waals surface area contributed by atoms with Crippen LogP contribution in [0.2, 0.25) is 5.02 Å². The SMILES string of the molecule is O=C(Cn1c(-c2cccs2)cc2cc(Cl)ccc21)N1CCCCC1. The molecule has 0 unspecified atom stereocenters. The number of nitrogens with zero attached hydrogens (tertiary/aromatic N) is 2. The second-order valence-electron chi connectivity index (χ2n) is 6.24. The van der Waals surface area contributed by atoms with Crippen molar-refractivity contribution in [3.63, 3.8) is 0 Å². The minimum absolute atomic E-state index is 0.208. The van der Waals surface area contributed by atoms with Crippen LogP contribution < -0.4 is 0 Å². The van der Waals surface area contributed by atoms with Gasteiger partial charge in [-0.25, -0.2) is 0 Å². The maximum atomic E-state index is 12.8. The van der Waals surface area contributed by atoms with Gasteiger partial charge >= 0.3 is 0 Å². The van der Waals surface area contributed by atoms with Crippen molar-refractivity contribution in [1.29, 1.82) is 0 Å². The smallest absolute Gasteiger partial charge is 0.242 e. The van der Waals surface area contributed by atoms with E-state index < -0.39 is 0 Å². The lowest BCUT2D eigenvalue weighted by atomic mass is 10.1. The van der Waals surface area contributed by atoms with Crippen molar-refractivity contribution in [1.82, 2.24) is 9.47 Å². The van der Waals surface area contributed by atoms with Gasteiger partial charge in [0.25, 0.3) is 0 Å². The van der Waals surface area contributed by atoms with Gasteiger partial charge in [0.2, 0.25) is 5.91 Å². The first kappa shape index (κ1) is 15.7. The average Bonchev–Trinajstić information content (AvgIpc) is 3.23. The summed E-state index contributed by atoms with van der Waals surface area (Å²) in [5, 5.41) is 3.87. The van der Waals surface area contributed by atoms with Crippen molar-refractivity contribution in [2.24, 2.45) is 0 Å². The van der Waals surface area contributed by atoms with E-state index in [-0.39, 0.29) is 5.91 Å². The summed E-state index contributed by atoms with van der Waals surface area (Å²) in [6.45, 7) is 2.16. The van der Waals surface area contributed by atoms with E-state index in [1.165, 1.54) is 11.3 Å². The van der Waals surface area contributed by atoms with Crippen molar-refractivity contribution in [2.75, 3.05) is 13.1 Å². The quantitative estimate of drug-likeness (QED) is 0.644. The van der Waals surface area contributed by atoms with Gasteiger partial charge in [0.05, 0.1) is 10.6 Å². The zero-order chi connectivity index (χ0) is 16.5. The minimum atomic E-state index is 0.208. The van der Waals surface area contributed by atoms with Crippen LogP contribution in [0.25, 0.3) is 21.5 Å². The molecule has 2 aromatic heterocycles. The Morgan fingerprint density at radius 2 is 1.96 bits per heavy atom. The second-order valence-corrected chi connectivity index (χ2v) is 7.62. The number of aromatic nitrogens is 1. The molecule has 4 rings (SSSR count). The molecule has 24 heavy (non-hydrogen) atoms. The van der Waals surface area contributed by atoms with Crippen molar-refractivity contribution in [2.45, 2.75) is 25.8 Å². The summed E-state index contributed by atoms with van der Waals surface area (Å²) in [6, 6.07) is 12.2. The van der Waals surface area contributed by atoms with Crippen LogP contribution in [-0.4, -0.2) is 28.5 Å². The Morgan fingerprint density at radius 3 is 2.71 bits per heavy atom. The number of carbonyl (C=O) groups is 1. The molecule has 3 heterocycles. The molecule has 1 aromatic carbocycles. The van der Waals surface area contributed by atoms with Gasteiger partial charge in [-0.15, -0.1) is 11.3 Å². The fourth-order valence-corrected chi connectivity index (χ4v) is 4.35. The summed E-state index contributed by atoms with van der Waals surface area (Å²) >= 11 is 7.84. The standard InChI is InChI=1S/C19H19ClN2OS/c20-15-6-7-16-14(11-15)12-17(18-5-4-10-24-18)22(16)13-19(23)21-8-2-1-3-9-21/h4-7,10-12H,1-3,8-9,13H2. The van der Waals surface area contributed by atoms with E-state index in [0.29, 0.717) is 6.54 Å². The van der Waals surface area contributed by atoms with Gasteiger partial charge in [-0.2, -0.15) is 0 Å². The Kier molecular flexibility index (Phi) is 4.33. The lowest BCUT2D eigenvalue weighted by Gasteiger charge is -2.27. The fourth-order valence-electron chi connectivity index (χ4n) is 3.42. The van der Waals surface area contributed by atoms with Crippen LogP contribution in [0.5, 0.6) is 0 Å². The van der Waals surface area contributed by atoms with E-state index >= 15 is 0 Å². The van der Waals surface area contributed by atoms with Crippen LogP contribution >= 0.6 is 22.9 Å². The van der Waals surface area contributed by atoms with Crippen molar-refractivity contribution < 1.29 is 4.79 Å². The van der Waals surface area contributed by atoms with E-state index in [1.807, 2.05) is 29.2 Å². The van der Waals surface area contributed by atoms with Crippen LogP contribution in [0.15, 0.2) is 41.8 Å². The first-order valence-electron chi connectivity index (χ1n) is 8.33. The van der Waals surface area contributed by atoms with Crippen LogP contribution in [0.4, 0.5) is 0 Å². The highest BCUT2D eigenvalue weighted by molar-refractivity contribution is 7.13. The van der Waals surface area contributed by atoms with E-state index in [1.54, 1.807) is 11.3 Å². The number of carbonyl (C=O) groups excluding carboxylic acids is 1. The maximum absolute atomic E-state index is 12.8. The van der Waals surface area contributed by atoms with Gasteiger partial charge in [0, 0.05) is 29.0 Å². The van der Waals surface area contributed by atoms with Gasteiger partial charge < -0.3 is 9.47 Å². The van der Waals surface area contributed by atoms with Crippen molar-refractivity contribution >= 4 is 39.7 Å². The Bertz CT molecular complexity index is 863. The largest absolute Gasteiger partial charge is 0.341 e. The highest BCUT2D eigenvalue weighted by Crippen LogP contribution is 2.32. The fraction of sp³-hybridized carbons (Fsp3) is 0.316. The summed E-state index contributed by atoms with van der Waals surface area (Å²) in [7, 11) is 0. The summed E-state index contributed by atoms with van der Waals surface area (Å²) in [6.07, 6.45) is 3.46. The molecule has 0 saturated carbocycles. The predicted molar refractivity (Wildman–Crippen MR) is 101 cm³/mol. The minimum Gasteiger partial charge on any atom is -0.341 e. The summed E-state index contributed by atoms with van der Waals surface area (Å²) in [5.41, 5.74) is 2.15. The van der Waals surface area contributed by atoms with Crippen molar-refractivity contribution in [3.8, 4) is 10.6 Å². The van der Waals surface area contributed by atoms with Crippen LogP contribution in [0, 0.1) is 0 Å². The van der Waals surface area contributed by atoms with E-state index in [4.69, 9.17) is 11.6 Å². The number of likely N-dealkylation sites (tertiary alicyclic amines) is 1. The Morgan fingerprint density at radius 1 is 1.12 bits per heavy atom. The molecular weight excluding hydrogens is 340 g/mol. The van der Waals surface area contributed by atoms with Gasteiger partial charge in [0.1, 0.15) is 6.54 Å². The first-order valence-corrected chi connectivity index (χ1v) is 9.58. The van der Waals surface area contributed by atoms with Crippen LogP contribution in [0.3, 0.4) is 0 Å². The molecule has 0 atom stereocenters. The highest BCUT2D eigenvalue weighted by atomic mass is 35.5. The number of hydrogen-bond acceptors (Lipinski definition) is 2. The molecule has 0 bridgehead atoms. The topological polar surface area (TPSA) is 25.2 Å². The molecule has 1 aliphatic rings. The highest BCUT2D eigenvalue weighted by Gasteiger charge is 2.20. The molecule has 0 radical (unpaired) electrons. The summed E-state index contributed by atoms with van der Waals surface area (Å²) in [4.78, 5) is 16.0. The number of hydrogen-bond donors (Lipinski definition) is 0. The number of rotatable bonds is 3. The molecule has 0 aliphatic carbocycles. The third-order valence-corrected chi connectivity index (χ3v) is 5.77. The number of benzene rings is 1. The molecule has 124 valence electrons. The Balaban J connectivity index is 1.74. The van der Waals surface area contributed by atoms with Crippen LogP contribution in [-0.2, 0) is 11.3 Å². The predicted octanol–water partition coefficient (Wildman–Crippen LogP) is 5.04. The first-order chi connectivity index (χ1) is 11.7. The molecule has 1 saturated heterocycles. The Hall–Kier alpha value is -1.78. The summed E-state index contributed by atoms with van der Waals surface area (Å²) in [5.74, 6) is 0.208. The van der Waals surface area contributed by atoms with Gasteiger partial charge in [0.15, 0.2) is 0 Å². The molecular formula is C19H19ClN2OS. The molecule has 3 aromatic rings. The average molecular weight is 359 g/mol. The van der Waals surface area contributed by atoms with E-state index in [0.717, 1.165) is 47.6 Å². The second kappa shape index (κ2) is 6.61. The molecule has 5 heteroatoms. The molecule has 0 spiro atoms. The number of fused-ring (bicyclic) bond motifs is 1. The number of piperidine rings is 1. The molecule has 1 fully saturated rings. The zero-order valence-corrected chi connectivity index (χ0v) is 14.9. The Labute approximate surface area is 150 Å². The van der Waals surface area contributed by atoms with E-state index in [9.17, 15) is 4.79 Å². The van der Waals surface area contributed by atoms with Crippen LogP contribution in [0.1, 0.15) is 19.3 Å². The molecule has 1 amide bonds. The number of amides is 1. The lowest BCUT2D eigenvalue weighted by molar-refractivity contribution is -0.132. The third-order valence-electron chi connectivity index (χ3n) is 4.64. The summed E-state index contributed by atoms with van der Waals surface area (Å²) < 4.78 is 2.13. The number of thiophene rings is 1. The van der Waals surface area contributed by atoms with Crippen molar-refractivity contribution in [3.05, 3.63) is 46.8 Å². The molecule has 1 aliphatic heterocycles.